The number of halogens is 2. The third-order valence-corrected chi connectivity index (χ3v) is 3.00. The fourth-order valence-electron chi connectivity index (χ4n) is 1.10. The van der Waals surface area contributed by atoms with Crippen LogP contribution in [0.3, 0.4) is 0 Å². The lowest BCUT2D eigenvalue weighted by atomic mass is 10.3. The Morgan fingerprint density at radius 3 is 2.81 bits per heavy atom. The van der Waals surface area contributed by atoms with Gasteiger partial charge in [-0.15, -0.1) is 0 Å². The molecular weight excluding hydrogens is 267 g/mol. The number of nitrogens with zero attached hydrogens (tertiary/aromatic N) is 1. The Kier molecular flexibility index (Phi) is 3.43. The second-order valence-corrected chi connectivity index (χ2v) is 4.51. The van der Waals surface area contributed by atoms with Crippen LogP contribution in [0.4, 0.5) is 5.69 Å². The normalized spacial score (nSPS) is 10.1. The number of nitrogens with one attached hydrogen (secondary N) is 1. The van der Waals surface area contributed by atoms with Gasteiger partial charge in [0.2, 0.25) is 0 Å². The molecule has 2 heterocycles. The van der Waals surface area contributed by atoms with E-state index in [4.69, 9.17) is 23.2 Å². The molecule has 6 heteroatoms. The van der Waals surface area contributed by atoms with Gasteiger partial charge in [-0.2, -0.15) is 11.3 Å². The highest BCUT2D eigenvalue weighted by atomic mass is 35.5. The predicted octanol–water partition coefficient (Wildman–Crippen LogP) is 3.70. The van der Waals surface area contributed by atoms with Gasteiger partial charge in [-0.1, -0.05) is 23.2 Å². The lowest BCUT2D eigenvalue weighted by molar-refractivity contribution is 0.102. The summed E-state index contributed by atoms with van der Waals surface area (Å²) < 4.78 is 0. The van der Waals surface area contributed by atoms with Crippen LogP contribution in [0.1, 0.15) is 10.5 Å². The number of anilines is 1. The molecule has 0 aliphatic rings. The second kappa shape index (κ2) is 4.82. The van der Waals surface area contributed by atoms with Crippen LogP contribution in [-0.2, 0) is 0 Å². The maximum absolute atomic E-state index is 11.8. The van der Waals surface area contributed by atoms with Crippen molar-refractivity contribution in [3.63, 3.8) is 0 Å². The first-order valence-electron chi connectivity index (χ1n) is 4.32. The first kappa shape index (κ1) is 11.4. The zero-order valence-electron chi connectivity index (χ0n) is 7.91. The van der Waals surface area contributed by atoms with Gasteiger partial charge in [0.25, 0.3) is 5.91 Å². The van der Waals surface area contributed by atoms with Crippen molar-refractivity contribution < 1.29 is 4.79 Å². The van der Waals surface area contributed by atoms with Gasteiger partial charge in [0.1, 0.15) is 10.8 Å². The molecule has 1 N–H and O–H groups in total. The Labute approximate surface area is 106 Å². The Morgan fingerprint density at radius 1 is 1.31 bits per heavy atom. The van der Waals surface area contributed by atoms with Gasteiger partial charge in [0.15, 0.2) is 0 Å². The number of pyridine rings is 1. The molecule has 1 amide bonds. The molecule has 0 radical (unpaired) electrons. The van der Waals surface area contributed by atoms with Gasteiger partial charge in [0, 0.05) is 5.38 Å². The monoisotopic (exact) mass is 272 g/mol. The zero-order valence-corrected chi connectivity index (χ0v) is 10.2. The molecule has 0 aliphatic heterocycles. The van der Waals surface area contributed by atoms with Crippen LogP contribution in [0.2, 0.25) is 10.2 Å². The van der Waals surface area contributed by atoms with Gasteiger partial charge in [-0.3, -0.25) is 4.79 Å². The Morgan fingerprint density at radius 2 is 2.12 bits per heavy atom. The van der Waals surface area contributed by atoms with Crippen molar-refractivity contribution >= 4 is 46.1 Å². The van der Waals surface area contributed by atoms with Gasteiger partial charge in [-0.05, 0) is 23.6 Å². The smallest absolute Gasteiger partial charge is 0.275 e. The van der Waals surface area contributed by atoms with Crippen LogP contribution in [-0.4, -0.2) is 10.9 Å². The first-order valence-corrected chi connectivity index (χ1v) is 6.02. The first-order chi connectivity index (χ1) is 7.66. The number of thiophene rings is 1. The summed E-state index contributed by atoms with van der Waals surface area (Å²) in [6, 6.07) is 4.87. The lowest BCUT2D eigenvalue weighted by Gasteiger charge is -2.04. The van der Waals surface area contributed by atoms with Crippen molar-refractivity contribution in [1.29, 1.82) is 0 Å². The highest BCUT2D eigenvalue weighted by Gasteiger charge is 2.13. The van der Waals surface area contributed by atoms with Crippen molar-refractivity contribution in [1.82, 2.24) is 4.98 Å². The van der Waals surface area contributed by atoms with E-state index < -0.39 is 0 Å². The Hall–Kier alpha value is -1.10. The van der Waals surface area contributed by atoms with Gasteiger partial charge in [0.05, 0.1) is 10.7 Å². The summed E-state index contributed by atoms with van der Waals surface area (Å²) in [6.07, 6.45) is 0. The van der Waals surface area contributed by atoms with E-state index in [1.54, 1.807) is 12.1 Å². The summed E-state index contributed by atoms with van der Waals surface area (Å²) in [4.78, 5) is 15.7. The van der Waals surface area contributed by atoms with Crippen LogP contribution in [0.15, 0.2) is 29.0 Å². The van der Waals surface area contributed by atoms with E-state index in [0.29, 0.717) is 5.69 Å². The van der Waals surface area contributed by atoms with E-state index in [-0.39, 0.29) is 21.8 Å². The molecule has 0 aliphatic carbocycles. The number of carbonyl (C=O) groups excluding carboxylic acids is 1. The van der Waals surface area contributed by atoms with Crippen LogP contribution < -0.4 is 5.32 Å². The second-order valence-electron chi connectivity index (χ2n) is 2.93. The van der Waals surface area contributed by atoms with Gasteiger partial charge in [-0.25, -0.2) is 4.98 Å². The summed E-state index contributed by atoms with van der Waals surface area (Å²) in [7, 11) is 0. The average Bonchev–Trinajstić information content (AvgIpc) is 2.74. The highest BCUT2D eigenvalue weighted by Crippen LogP contribution is 2.19. The molecule has 0 saturated carbocycles. The van der Waals surface area contributed by atoms with E-state index in [1.165, 1.54) is 17.4 Å². The van der Waals surface area contributed by atoms with Crippen LogP contribution >= 0.6 is 34.5 Å². The van der Waals surface area contributed by atoms with E-state index in [9.17, 15) is 4.79 Å². The molecule has 16 heavy (non-hydrogen) atoms. The zero-order chi connectivity index (χ0) is 11.5. The largest absolute Gasteiger partial charge is 0.320 e. The van der Waals surface area contributed by atoms with Crippen molar-refractivity contribution in [3.8, 4) is 0 Å². The number of hydrogen-bond acceptors (Lipinski definition) is 3. The van der Waals surface area contributed by atoms with Crippen molar-refractivity contribution in [2.45, 2.75) is 0 Å². The molecule has 0 spiro atoms. The molecule has 0 saturated heterocycles. The summed E-state index contributed by atoms with van der Waals surface area (Å²) >= 11 is 13.0. The summed E-state index contributed by atoms with van der Waals surface area (Å²) in [5, 5.41) is 6.86. The molecule has 82 valence electrons. The molecular formula is C10H6Cl2N2OS. The number of aromatic nitrogens is 1. The predicted molar refractivity (Wildman–Crippen MR) is 66.5 cm³/mol. The van der Waals surface area contributed by atoms with Gasteiger partial charge >= 0.3 is 0 Å². The standard InChI is InChI=1S/C10H6Cl2N2OS/c11-7-1-2-8(12)14-9(7)10(15)13-6-3-4-16-5-6/h1-5H,(H,13,15). The number of amides is 1. The molecule has 3 nitrogen and oxygen atoms in total. The summed E-state index contributed by atoms with van der Waals surface area (Å²) in [6.45, 7) is 0. The molecule has 0 aromatic carbocycles. The lowest BCUT2D eigenvalue weighted by Crippen LogP contribution is -2.13. The maximum Gasteiger partial charge on any atom is 0.275 e. The highest BCUT2D eigenvalue weighted by molar-refractivity contribution is 7.08. The number of carbonyl (C=O) groups is 1. The van der Waals surface area contributed by atoms with E-state index in [1.807, 2.05) is 10.8 Å². The van der Waals surface area contributed by atoms with Crippen LogP contribution in [0, 0.1) is 0 Å². The molecule has 0 fully saturated rings. The Bertz CT molecular complexity index is 514. The van der Waals surface area contributed by atoms with Crippen LogP contribution in [0.25, 0.3) is 0 Å². The van der Waals surface area contributed by atoms with Crippen molar-refractivity contribution in [3.05, 3.63) is 44.8 Å². The molecule has 2 aromatic rings. The third-order valence-electron chi connectivity index (χ3n) is 1.81. The molecule has 2 rings (SSSR count). The minimum atomic E-state index is -0.370. The molecule has 0 unspecified atom stereocenters. The van der Waals surface area contributed by atoms with Crippen LogP contribution in [0.5, 0.6) is 0 Å². The molecule has 0 atom stereocenters. The summed E-state index contributed by atoms with van der Waals surface area (Å²) in [5.41, 5.74) is 0.841. The van der Waals surface area contributed by atoms with Gasteiger partial charge < -0.3 is 5.32 Å². The fraction of sp³-hybridized carbons (Fsp3) is 0. The number of rotatable bonds is 2. The number of hydrogen-bond donors (Lipinski definition) is 1. The average molecular weight is 273 g/mol. The van der Waals surface area contributed by atoms with E-state index >= 15 is 0 Å². The maximum atomic E-state index is 11.8. The van der Waals surface area contributed by atoms with Crippen molar-refractivity contribution in [2.75, 3.05) is 5.32 Å². The van der Waals surface area contributed by atoms with E-state index in [2.05, 4.69) is 10.3 Å². The van der Waals surface area contributed by atoms with Crippen molar-refractivity contribution in [2.24, 2.45) is 0 Å². The minimum Gasteiger partial charge on any atom is -0.320 e. The SMILES string of the molecule is O=C(Nc1ccsc1)c1nc(Cl)ccc1Cl. The topological polar surface area (TPSA) is 42.0 Å². The molecule has 0 bridgehead atoms. The Balaban J connectivity index is 2.24. The minimum absolute atomic E-state index is 0.125. The fourth-order valence-corrected chi connectivity index (χ4v) is 2.03. The summed E-state index contributed by atoms with van der Waals surface area (Å²) in [5.74, 6) is -0.370. The quantitative estimate of drug-likeness (QED) is 0.847. The molecule has 2 aromatic heterocycles. The third kappa shape index (κ3) is 2.52. The van der Waals surface area contributed by atoms with E-state index in [0.717, 1.165) is 0 Å².